The molecule has 6 aromatic carbocycles. The van der Waals surface area contributed by atoms with Gasteiger partial charge < -0.3 is 65.4 Å². The Bertz CT molecular complexity index is 3150. The van der Waals surface area contributed by atoms with Gasteiger partial charge in [-0.15, -0.1) is 47.0 Å². The Kier molecular flexibility index (Phi) is 40.0. The molecule has 8 unspecified atom stereocenters. The summed E-state index contributed by atoms with van der Waals surface area (Å²) in [4.78, 5) is 72.6. The zero-order chi connectivity index (χ0) is 67.6. The van der Waals surface area contributed by atoms with E-state index in [1.54, 1.807) is 109 Å². The largest absolute Gasteiger partial charge is 1.00 e. The van der Waals surface area contributed by atoms with Crippen molar-refractivity contribution in [3.63, 3.8) is 0 Å². The van der Waals surface area contributed by atoms with Crippen LogP contribution in [0.3, 0.4) is 0 Å². The van der Waals surface area contributed by atoms with Crippen molar-refractivity contribution < 1.29 is 144 Å². The van der Waals surface area contributed by atoms with Gasteiger partial charge in [-0.1, -0.05) is 103 Å². The minimum Gasteiger partial charge on any atom is -0.550 e. The maximum Gasteiger partial charge on any atom is 1.00 e. The van der Waals surface area contributed by atoms with Gasteiger partial charge in [0.2, 0.25) is 0 Å². The molecule has 0 fully saturated rings. The molecular formula is C72H88Na2O17S4. The maximum absolute atomic E-state index is 11.8. The molecule has 0 aromatic heterocycles. The van der Waals surface area contributed by atoms with Crippen molar-refractivity contribution in [1.29, 1.82) is 0 Å². The Morgan fingerprint density at radius 3 is 1.04 bits per heavy atom. The van der Waals surface area contributed by atoms with Gasteiger partial charge in [-0.3, -0.25) is 19.2 Å². The quantitative estimate of drug-likeness (QED) is 0.00992. The Morgan fingerprint density at radius 1 is 0.453 bits per heavy atom. The van der Waals surface area contributed by atoms with E-state index in [1.165, 1.54) is 13.8 Å². The van der Waals surface area contributed by atoms with E-state index in [2.05, 4.69) is 0 Å². The van der Waals surface area contributed by atoms with Gasteiger partial charge in [0.1, 0.15) is 23.0 Å². The Morgan fingerprint density at radius 2 is 0.758 bits per heavy atom. The molecule has 6 aromatic rings. The molecule has 504 valence electrons. The summed E-state index contributed by atoms with van der Waals surface area (Å²) in [7, 11) is 0. The molecule has 0 saturated carbocycles. The van der Waals surface area contributed by atoms with Crippen molar-refractivity contribution in [1.82, 2.24) is 0 Å². The third-order valence-corrected chi connectivity index (χ3v) is 20.6. The minimum absolute atomic E-state index is 0. The Balaban J connectivity index is 0.000000627. The minimum atomic E-state index is -1.20. The smallest absolute Gasteiger partial charge is 0.550 e. The van der Waals surface area contributed by atoms with Gasteiger partial charge in [0, 0.05) is 77.5 Å². The van der Waals surface area contributed by atoms with E-state index in [0.29, 0.717) is 70.9 Å². The molecule has 8 N–H and O–H groups in total. The zero-order valence-electron chi connectivity index (χ0n) is 56.0. The monoisotopic (exact) mass is 1400 g/mol. The molecule has 0 aliphatic carbocycles. The summed E-state index contributed by atoms with van der Waals surface area (Å²) in [6, 6.07) is 37.6. The summed E-state index contributed by atoms with van der Waals surface area (Å²) < 4.78 is 12.0. The molecular weight excluding hydrogens is 1310 g/mol. The van der Waals surface area contributed by atoms with Crippen molar-refractivity contribution in [2.45, 2.75) is 162 Å². The van der Waals surface area contributed by atoms with Crippen LogP contribution in [-0.4, -0.2) is 96.3 Å². The summed E-state index contributed by atoms with van der Waals surface area (Å²) in [5.41, 5.74) is 5.20. The number of aromatic hydroxyl groups is 2. The number of ether oxygens (including phenoxy) is 2. The molecule has 0 heterocycles. The fourth-order valence-corrected chi connectivity index (χ4v) is 14.5. The van der Waals surface area contributed by atoms with Crippen LogP contribution in [0.25, 0.3) is 0 Å². The van der Waals surface area contributed by atoms with Gasteiger partial charge in [-0.25, -0.2) is 0 Å². The van der Waals surface area contributed by atoms with Crippen molar-refractivity contribution >= 4 is 82.5 Å². The van der Waals surface area contributed by atoms with Gasteiger partial charge in [0.05, 0.1) is 36.5 Å². The first-order chi connectivity index (χ1) is 43.8. The first-order valence-corrected chi connectivity index (χ1v) is 34.7. The van der Waals surface area contributed by atoms with Crippen molar-refractivity contribution in [3.05, 3.63) is 166 Å². The van der Waals surface area contributed by atoms with E-state index in [1.807, 2.05) is 100 Å². The van der Waals surface area contributed by atoms with Gasteiger partial charge in [0.15, 0.2) is 11.6 Å². The molecule has 0 aliphatic rings. The first kappa shape index (κ1) is 86.1. The fourth-order valence-electron chi connectivity index (χ4n) is 10.4. The van der Waals surface area contributed by atoms with E-state index in [9.17, 15) is 69.6 Å². The number of ketones is 2. The third kappa shape index (κ3) is 28.1. The number of aliphatic carboxylic acids is 4. The van der Waals surface area contributed by atoms with E-state index in [0.717, 1.165) is 67.9 Å². The second-order valence-electron chi connectivity index (χ2n) is 23.1. The van der Waals surface area contributed by atoms with Crippen LogP contribution in [0, 0.1) is 23.7 Å². The van der Waals surface area contributed by atoms with E-state index >= 15 is 0 Å². The van der Waals surface area contributed by atoms with Crippen LogP contribution in [0.15, 0.2) is 141 Å². The number of hydrogen-bond donors (Lipinski definition) is 6. The second-order valence-corrected chi connectivity index (χ2v) is 27.9. The number of carboxylic acid groups (broad SMARTS) is 4. The molecule has 95 heavy (non-hydrogen) atoms. The SMILES string of the molecule is CCCc1c(OCCCSc2ccc(C(Sc3ccc(C(O)C(C)CC(=O)[O-])cc3)C(C)CC(=O)O)cc2)ccc(C(C)=O)c1O.CCCc1c(OCCCSc2ccc(C(Sc3ccc(C(O)C(C)CC(=O)[O-])cc3)C(C)CC(=O)O)cc2)ccc(C(C)=O)c1O.O.[Na+].[Na+]. The number of aliphatic hydroxyl groups excluding tert-OH is 2. The summed E-state index contributed by atoms with van der Waals surface area (Å²) >= 11 is 6.50. The molecule has 0 radical (unpaired) electrons. The van der Waals surface area contributed by atoms with Crippen LogP contribution >= 0.6 is 47.0 Å². The number of phenols is 2. The number of carboxylic acids is 4. The Labute approximate surface area is 619 Å². The van der Waals surface area contributed by atoms with Crippen LogP contribution in [0.4, 0.5) is 0 Å². The van der Waals surface area contributed by atoms with Crippen molar-refractivity contribution in [2.75, 3.05) is 24.7 Å². The topological polar surface area (TPSA) is 320 Å². The number of thioether (sulfide) groups is 4. The molecule has 8 atom stereocenters. The number of hydrogen-bond acceptors (Lipinski definition) is 18. The Hall–Kier alpha value is -4.98. The van der Waals surface area contributed by atoms with Crippen LogP contribution < -0.4 is 78.8 Å². The average molecular weight is 1400 g/mol. The van der Waals surface area contributed by atoms with Gasteiger partial charge in [-0.05, 0) is 171 Å². The number of aliphatic hydroxyl groups is 2. The van der Waals surface area contributed by atoms with Gasteiger partial charge in [0.25, 0.3) is 0 Å². The molecule has 6 rings (SSSR count). The fraction of sp³-hybridized carbons (Fsp3) is 0.417. The molecule has 0 spiro atoms. The molecule has 0 bridgehead atoms. The van der Waals surface area contributed by atoms with Crippen molar-refractivity contribution in [2.24, 2.45) is 23.7 Å². The number of carbonyl (C=O) groups excluding carboxylic acids is 4. The first-order valence-electron chi connectivity index (χ1n) is 31.0. The number of Topliss-reactive ketones (excluding diaryl/α,β-unsaturated/α-hetero) is 2. The zero-order valence-corrected chi connectivity index (χ0v) is 63.2. The van der Waals surface area contributed by atoms with Crippen LogP contribution in [0.1, 0.15) is 184 Å². The molecule has 17 nitrogen and oxygen atoms in total. The van der Waals surface area contributed by atoms with Crippen LogP contribution in [0.2, 0.25) is 0 Å². The van der Waals surface area contributed by atoms with Crippen LogP contribution in [-0.2, 0) is 32.0 Å². The predicted molar refractivity (Wildman–Crippen MR) is 363 cm³/mol. The summed E-state index contributed by atoms with van der Waals surface area (Å²) in [5, 5.41) is 82.7. The van der Waals surface area contributed by atoms with E-state index < -0.39 is 47.9 Å². The normalized spacial score (nSPS) is 13.4. The average Bonchev–Trinajstić information content (AvgIpc) is 0.893. The molecule has 0 amide bonds. The van der Waals surface area contributed by atoms with Gasteiger partial charge >= 0.3 is 71.1 Å². The summed E-state index contributed by atoms with van der Waals surface area (Å²) in [6.45, 7) is 15.0. The van der Waals surface area contributed by atoms with E-state index in [-0.39, 0.29) is 136 Å². The van der Waals surface area contributed by atoms with Gasteiger partial charge in [-0.2, -0.15) is 0 Å². The molecule has 23 heteroatoms. The molecule has 0 aliphatic heterocycles. The third-order valence-electron chi connectivity index (χ3n) is 15.3. The standard InChI is InChI=1S/2C36H44O8S2.2Na.H2O/c2*1-5-7-30-31(17-16-29(24(4)37)35(30)43)44-18-6-19-45-27-12-10-26(11-13-27)36(23(3)21-33(40)41)46-28-14-8-25(9-15-28)34(42)22(2)20-32(38)39;;;/h2*8-17,22-23,34,36,42-43H,5-7,18-21H2,1-4H3,(H,38,39)(H,40,41);;;1H2/q;;2*+1;/p-2. The second kappa shape index (κ2) is 44.1. The predicted octanol–water partition coefficient (Wildman–Crippen LogP) is 6.91. The number of carbonyl (C=O) groups is 6. The summed E-state index contributed by atoms with van der Waals surface area (Å²) in [6.07, 6.45) is 2.11. The number of rotatable bonds is 38. The number of phenolic OH excluding ortho intramolecular Hbond substituents is 2. The number of benzene rings is 6. The molecule has 0 saturated heterocycles. The summed E-state index contributed by atoms with van der Waals surface area (Å²) in [5.74, 6) is -2.95. The maximum atomic E-state index is 11.8. The van der Waals surface area contributed by atoms with Crippen molar-refractivity contribution in [3.8, 4) is 23.0 Å². The van der Waals surface area contributed by atoms with E-state index in [4.69, 9.17) is 9.47 Å². The van der Waals surface area contributed by atoms with Crippen LogP contribution in [0.5, 0.6) is 23.0 Å².